The molecule has 2 aromatic carbocycles. The van der Waals surface area contributed by atoms with Crippen molar-refractivity contribution in [3.8, 4) is 17.4 Å². The Labute approximate surface area is 133 Å². The number of hydrogen-bond donors (Lipinski definition) is 1. The molecule has 5 heteroatoms. The van der Waals surface area contributed by atoms with Crippen LogP contribution in [0.15, 0.2) is 59.1 Å². The number of nitriles is 1. The molecule has 1 heterocycles. The fraction of sp³-hybridized carbons (Fsp3) is 0.0588. The van der Waals surface area contributed by atoms with Gasteiger partial charge in [0.15, 0.2) is 5.76 Å². The summed E-state index contributed by atoms with van der Waals surface area (Å²) in [7, 11) is 0. The van der Waals surface area contributed by atoms with Crippen molar-refractivity contribution in [2.24, 2.45) is 0 Å². The zero-order valence-corrected chi connectivity index (χ0v) is 12.3. The Balaban J connectivity index is 1.71. The molecule has 1 aromatic heterocycles. The third-order valence-corrected chi connectivity index (χ3v) is 3.33. The van der Waals surface area contributed by atoms with E-state index in [0.29, 0.717) is 28.8 Å². The number of halogens is 1. The summed E-state index contributed by atoms with van der Waals surface area (Å²) in [4.78, 5) is 4.24. The Morgan fingerprint density at radius 3 is 2.86 bits per heavy atom. The van der Waals surface area contributed by atoms with Gasteiger partial charge in [0.2, 0.25) is 5.89 Å². The summed E-state index contributed by atoms with van der Waals surface area (Å²) in [6.07, 6.45) is 1.67. The van der Waals surface area contributed by atoms with Gasteiger partial charge in [-0.15, -0.1) is 0 Å². The van der Waals surface area contributed by atoms with Crippen LogP contribution in [-0.4, -0.2) is 4.98 Å². The van der Waals surface area contributed by atoms with Crippen LogP contribution < -0.4 is 5.32 Å². The van der Waals surface area contributed by atoms with Gasteiger partial charge in [-0.25, -0.2) is 4.98 Å². The average molecular weight is 310 g/mol. The molecule has 3 aromatic rings. The lowest BCUT2D eigenvalue weighted by Gasteiger charge is -2.03. The second-order valence-corrected chi connectivity index (χ2v) is 5.11. The Morgan fingerprint density at radius 2 is 2.05 bits per heavy atom. The number of nitrogens with zero attached hydrogens (tertiary/aromatic N) is 2. The molecule has 0 aliphatic rings. The number of anilines is 1. The molecular weight excluding hydrogens is 298 g/mol. The van der Waals surface area contributed by atoms with Gasteiger partial charge in [0.1, 0.15) is 0 Å². The molecule has 3 rings (SSSR count). The maximum Gasteiger partial charge on any atom is 0.214 e. The van der Waals surface area contributed by atoms with E-state index in [2.05, 4.69) is 16.4 Å². The van der Waals surface area contributed by atoms with Crippen molar-refractivity contribution >= 4 is 17.3 Å². The second-order valence-electron chi connectivity index (χ2n) is 4.67. The molecule has 0 spiro atoms. The molecule has 0 aliphatic heterocycles. The van der Waals surface area contributed by atoms with Crippen molar-refractivity contribution < 1.29 is 4.42 Å². The largest absolute Gasteiger partial charge is 0.439 e. The maximum atomic E-state index is 8.88. The molecule has 0 radical (unpaired) electrons. The van der Waals surface area contributed by atoms with E-state index in [-0.39, 0.29) is 0 Å². The minimum absolute atomic E-state index is 0.440. The van der Waals surface area contributed by atoms with Crippen molar-refractivity contribution in [3.63, 3.8) is 0 Å². The highest BCUT2D eigenvalue weighted by Gasteiger charge is 2.07. The SMILES string of the molecule is N#Cc1cccc(NCc2ncc(-c3cccc(Cl)c3)o2)c1. The van der Waals surface area contributed by atoms with Crippen LogP contribution in [-0.2, 0) is 6.54 Å². The van der Waals surface area contributed by atoms with E-state index in [0.717, 1.165) is 11.3 Å². The maximum absolute atomic E-state index is 8.88. The number of aromatic nitrogens is 1. The van der Waals surface area contributed by atoms with E-state index in [1.165, 1.54) is 0 Å². The summed E-state index contributed by atoms with van der Waals surface area (Å²) >= 11 is 5.97. The van der Waals surface area contributed by atoms with Gasteiger partial charge < -0.3 is 9.73 Å². The summed E-state index contributed by atoms with van der Waals surface area (Å²) in [5.74, 6) is 1.24. The van der Waals surface area contributed by atoms with Crippen LogP contribution in [0.25, 0.3) is 11.3 Å². The predicted molar refractivity (Wildman–Crippen MR) is 85.4 cm³/mol. The third-order valence-electron chi connectivity index (χ3n) is 3.10. The van der Waals surface area contributed by atoms with Gasteiger partial charge >= 0.3 is 0 Å². The number of rotatable bonds is 4. The highest BCUT2D eigenvalue weighted by Crippen LogP contribution is 2.23. The molecule has 0 atom stereocenters. The molecule has 0 unspecified atom stereocenters. The molecule has 0 saturated heterocycles. The molecular formula is C17H12ClN3O. The van der Waals surface area contributed by atoms with Gasteiger partial charge in [0, 0.05) is 16.3 Å². The smallest absolute Gasteiger partial charge is 0.214 e. The quantitative estimate of drug-likeness (QED) is 0.772. The van der Waals surface area contributed by atoms with Crippen LogP contribution in [0.1, 0.15) is 11.5 Å². The zero-order chi connectivity index (χ0) is 15.4. The van der Waals surface area contributed by atoms with Gasteiger partial charge in [-0.05, 0) is 30.3 Å². The summed E-state index contributed by atoms with van der Waals surface area (Å²) in [6, 6.07) is 16.8. The molecule has 108 valence electrons. The second kappa shape index (κ2) is 6.33. The topological polar surface area (TPSA) is 61.9 Å². The minimum Gasteiger partial charge on any atom is -0.439 e. The van der Waals surface area contributed by atoms with Crippen LogP contribution in [0, 0.1) is 11.3 Å². The normalized spacial score (nSPS) is 10.2. The zero-order valence-electron chi connectivity index (χ0n) is 11.6. The van der Waals surface area contributed by atoms with Crippen LogP contribution in [0.3, 0.4) is 0 Å². The predicted octanol–water partition coefficient (Wildman–Crippen LogP) is 4.48. The van der Waals surface area contributed by atoms with Crippen LogP contribution in [0.4, 0.5) is 5.69 Å². The van der Waals surface area contributed by atoms with Crippen molar-refractivity contribution in [2.45, 2.75) is 6.54 Å². The van der Waals surface area contributed by atoms with E-state index in [1.807, 2.05) is 36.4 Å². The van der Waals surface area contributed by atoms with Crippen LogP contribution in [0.2, 0.25) is 5.02 Å². The van der Waals surface area contributed by atoms with Gasteiger partial charge in [0.05, 0.1) is 24.4 Å². The lowest BCUT2D eigenvalue weighted by molar-refractivity contribution is 0.516. The minimum atomic E-state index is 0.440. The van der Waals surface area contributed by atoms with E-state index >= 15 is 0 Å². The van der Waals surface area contributed by atoms with Crippen molar-refractivity contribution in [1.82, 2.24) is 4.98 Å². The average Bonchev–Trinajstić information content (AvgIpc) is 3.02. The van der Waals surface area contributed by atoms with Gasteiger partial charge in [-0.2, -0.15) is 5.26 Å². The van der Waals surface area contributed by atoms with E-state index < -0.39 is 0 Å². The highest BCUT2D eigenvalue weighted by molar-refractivity contribution is 6.30. The number of nitrogens with one attached hydrogen (secondary N) is 1. The van der Waals surface area contributed by atoms with Gasteiger partial charge in [-0.1, -0.05) is 29.8 Å². The fourth-order valence-electron chi connectivity index (χ4n) is 2.04. The van der Waals surface area contributed by atoms with E-state index in [4.69, 9.17) is 21.3 Å². The lowest BCUT2D eigenvalue weighted by atomic mass is 10.2. The first-order chi connectivity index (χ1) is 10.7. The van der Waals surface area contributed by atoms with Crippen molar-refractivity contribution in [2.75, 3.05) is 5.32 Å². The number of oxazole rings is 1. The van der Waals surface area contributed by atoms with Gasteiger partial charge in [-0.3, -0.25) is 0 Å². The number of benzene rings is 2. The first-order valence-electron chi connectivity index (χ1n) is 6.69. The summed E-state index contributed by atoms with van der Waals surface area (Å²) in [5, 5.41) is 12.7. The molecule has 4 nitrogen and oxygen atoms in total. The van der Waals surface area contributed by atoms with Crippen LogP contribution >= 0.6 is 11.6 Å². The van der Waals surface area contributed by atoms with Gasteiger partial charge in [0.25, 0.3) is 0 Å². The monoisotopic (exact) mass is 309 g/mol. The number of hydrogen-bond acceptors (Lipinski definition) is 4. The Hall–Kier alpha value is -2.77. The molecule has 0 aliphatic carbocycles. The van der Waals surface area contributed by atoms with Crippen molar-refractivity contribution in [1.29, 1.82) is 5.26 Å². The van der Waals surface area contributed by atoms with Crippen LogP contribution in [0.5, 0.6) is 0 Å². The summed E-state index contributed by atoms with van der Waals surface area (Å²) < 4.78 is 5.71. The first-order valence-corrected chi connectivity index (χ1v) is 7.07. The summed E-state index contributed by atoms with van der Waals surface area (Å²) in [5.41, 5.74) is 2.34. The molecule has 0 fully saturated rings. The first kappa shape index (κ1) is 14.2. The molecule has 1 N–H and O–H groups in total. The molecule has 0 saturated carbocycles. The summed E-state index contributed by atoms with van der Waals surface area (Å²) in [6.45, 7) is 0.440. The highest BCUT2D eigenvalue weighted by atomic mass is 35.5. The lowest BCUT2D eigenvalue weighted by Crippen LogP contribution is -1.99. The molecule has 0 amide bonds. The Kier molecular flexibility index (Phi) is 4.08. The molecule has 22 heavy (non-hydrogen) atoms. The molecule has 0 bridgehead atoms. The Bertz CT molecular complexity index is 836. The van der Waals surface area contributed by atoms with E-state index in [1.54, 1.807) is 18.3 Å². The van der Waals surface area contributed by atoms with Crippen molar-refractivity contribution in [3.05, 3.63) is 71.2 Å². The third kappa shape index (κ3) is 3.27. The fourth-order valence-corrected chi connectivity index (χ4v) is 2.23. The standard InChI is InChI=1S/C17H12ClN3O/c18-14-5-2-4-13(8-14)16-10-21-17(22-16)11-20-15-6-1-3-12(7-15)9-19/h1-8,10,20H,11H2. The Morgan fingerprint density at radius 1 is 1.18 bits per heavy atom. The van der Waals surface area contributed by atoms with E-state index in [9.17, 15) is 0 Å².